The Bertz CT molecular complexity index is 1260. The first-order valence-corrected chi connectivity index (χ1v) is 9.53. The highest BCUT2D eigenvalue weighted by Gasteiger charge is 2.20. The zero-order valence-electron chi connectivity index (χ0n) is 16.1. The fraction of sp³-hybridized carbons (Fsp3) is 0.130. The molecule has 0 aliphatic carbocycles. The fourth-order valence-electron chi connectivity index (χ4n) is 3.62. The second kappa shape index (κ2) is 8.27. The lowest BCUT2D eigenvalue weighted by Crippen LogP contribution is -2.23. The van der Waals surface area contributed by atoms with Crippen molar-refractivity contribution in [2.75, 3.05) is 5.73 Å². The van der Waals surface area contributed by atoms with E-state index in [0.717, 1.165) is 27.8 Å². The van der Waals surface area contributed by atoms with Gasteiger partial charge in [-0.3, -0.25) is 9.36 Å². The van der Waals surface area contributed by atoms with Crippen molar-refractivity contribution >= 4 is 40.7 Å². The normalized spacial score (nSPS) is 10.7. The van der Waals surface area contributed by atoms with Crippen molar-refractivity contribution in [2.24, 2.45) is 0 Å². The van der Waals surface area contributed by atoms with Crippen LogP contribution in [0.5, 0.6) is 0 Å². The number of nitrogen functional groups attached to an aromatic ring is 1. The maximum absolute atomic E-state index is 13.6. The quantitative estimate of drug-likeness (QED) is 0.427. The Morgan fingerprint density at radius 1 is 1.00 bits per heavy atom. The van der Waals surface area contributed by atoms with Gasteiger partial charge in [0, 0.05) is 33.9 Å². The predicted octanol–water partition coefficient (Wildman–Crippen LogP) is 5.72. The molecule has 0 atom stereocenters. The average Bonchev–Trinajstić information content (AvgIpc) is 2.67. The highest BCUT2D eigenvalue weighted by molar-refractivity contribution is 6.31. The molecule has 0 radical (unpaired) electrons. The van der Waals surface area contributed by atoms with Crippen LogP contribution in [0.4, 0.5) is 5.69 Å². The molecular weight excluding hydrogens is 405 g/mol. The molecule has 4 nitrogen and oxygen atoms in total. The SMILES string of the molecule is CCn1c(=O)c(-c2cccc(N)c2)c(-c2cccc(Cl)c2)c2ccc(C)nc21.Cl. The van der Waals surface area contributed by atoms with Crippen LogP contribution in [0.15, 0.2) is 65.5 Å². The van der Waals surface area contributed by atoms with Gasteiger partial charge >= 0.3 is 0 Å². The number of hydrogen-bond donors (Lipinski definition) is 1. The van der Waals surface area contributed by atoms with E-state index in [-0.39, 0.29) is 18.0 Å². The van der Waals surface area contributed by atoms with E-state index in [0.29, 0.717) is 28.5 Å². The Hall–Kier alpha value is -2.82. The summed E-state index contributed by atoms with van der Waals surface area (Å²) in [5.74, 6) is 0. The summed E-state index contributed by atoms with van der Waals surface area (Å²) in [7, 11) is 0. The Morgan fingerprint density at radius 2 is 1.69 bits per heavy atom. The second-order valence-corrected chi connectivity index (χ2v) is 7.20. The summed E-state index contributed by atoms with van der Waals surface area (Å²) in [6, 6.07) is 19.0. The molecule has 0 fully saturated rings. The van der Waals surface area contributed by atoms with Crippen LogP contribution in [-0.4, -0.2) is 9.55 Å². The maximum Gasteiger partial charge on any atom is 0.260 e. The summed E-state index contributed by atoms with van der Waals surface area (Å²) >= 11 is 6.27. The molecule has 0 spiro atoms. The predicted molar refractivity (Wildman–Crippen MR) is 124 cm³/mol. The third-order valence-electron chi connectivity index (χ3n) is 4.85. The van der Waals surface area contributed by atoms with Gasteiger partial charge in [-0.25, -0.2) is 4.98 Å². The molecule has 0 saturated heterocycles. The number of aryl methyl sites for hydroxylation is 2. The third-order valence-corrected chi connectivity index (χ3v) is 5.09. The van der Waals surface area contributed by atoms with Crippen molar-refractivity contribution in [2.45, 2.75) is 20.4 Å². The number of nitrogens with zero attached hydrogens (tertiary/aromatic N) is 2. The van der Waals surface area contributed by atoms with Gasteiger partial charge in [-0.2, -0.15) is 0 Å². The summed E-state index contributed by atoms with van der Waals surface area (Å²) < 4.78 is 1.72. The molecule has 0 saturated carbocycles. The molecule has 0 aliphatic rings. The van der Waals surface area contributed by atoms with E-state index in [4.69, 9.17) is 17.3 Å². The first-order chi connectivity index (χ1) is 13.5. The number of rotatable bonds is 3. The van der Waals surface area contributed by atoms with Crippen LogP contribution in [0.25, 0.3) is 33.3 Å². The van der Waals surface area contributed by atoms with E-state index in [1.807, 2.05) is 74.5 Å². The number of aromatic nitrogens is 2. The van der Waals surface area contributed by atoms with Crippen molar-refractivity contribution < 1.29 is 0 Å². The number of hydrogen-bond acceptors (Lipinski definition) is 3. The van der Waals surface area contributed by atoms with Crippen LogP contribution >= 0.6 is 24.0 Å². The van der Waals surface area contributed by atoms with Crippen LogP contribution in [0.3, 0.4) is 0 Å². The molecule has 0 aliphatic heterocycles. The lowest BCUT2D eigenvalue weighted by molar-refractivity contribution is 0.750. The zero-order chi connectivity index (χ0) is 19.8. The van der Waals surface area contributed by atoms with Gasteiger partial charge in [0.2, 0.25) is 0 Å². The molecule has 2 heterocycles. The van der Waals surface area contributed by atoms with Crippen LogP contribution < -0.4 is 11.3 Å². The summed E-state index contributed by atoms with van der Waals surface area (Å²) in [6.07, 6.45) is 0. The smallest absolute Gasteiger partial charge is 0.260 e. The molecule has 0 unspecified atom stereocenters. The van der Waals surface area contributed by atoms with Crippen LogP contribution in [0, 0.1) is 6.92 Å². The summed E-state index contributed by atoms with van der Waals surface area (Å²) in [5, 5.41) is 1.52. The molecule has 2 N–H and O–H groups in total. The first-order valence-electron chi connectivity index (χ1n) is 9.15. The standard InChI is InChI=1S/C23H20ClN3O.ClH/c1-3-27-22-19(11-10-14(2)26-22)20(15-6-4-8-17(24)12-15)21(23(27)28)16-7-5-9-18(25)13-16;/h4-13H,3,25H2,1-2H3;1H. The zero-order valence-corrected chi connectivity index (χ0v) is 17.7. The molecule has 4 aromatic rings. The summed E-state index contributed by atoms with van der Waals surface area (Å²) in [4.78, 5) is 18.2. The number of anilines is 1. The van der Waals surface area contributed by atoms with E-state index in [1.165, 1.54) is 0 Å². The number of nitrogens with two attached hydrogens (primary N) is 1. The Labute approximate surface area is 180 Å². The maximum atomic E-state index is 13.6. The number of pyridine rings is 2. The molecule has 148 valence electrons. The molecule has 29 heavy (non-hydrogen) atoms. The van der Waals surface area contributed by atoms with Gasteiger partial charge in [-0.15, -0.1) is 12.4 Å². The number of halogens is 2. The van der Waals surface area contributed by atoms with E-state index < -0.39 is 0 Å². The van der Waals surface area contributed by atoms with Crippen molar-refractivity contribution in [1.29, 1.82) is 0 Å². The van der Waals surface area contributed by atoms with Gasteiger partial charge < -0.3 is 5.73 Å². The minimum atomic E-state index is -0.0892. The Kier molecular flexibility index (Phi) is 5.96. The Morgan fingerprint density at radius 3 is 2.34 bits per heavy atom. The number of fused-ring (bicyclic) bond motifs is 1. The van der Waals surface area contributed by atoms with E-state index in [9.17, 15) is 4.79 Å². The Balaban J connectivity index is 0.00000240. The van der Waals surface area contributed by atoms with Crippen LogP contribution in [0.2, 0.25) is 5.02 Å². The van der Waals surface area contributed by atoms with E-state index >= 15 is 0 Å². The third kappa shape index (κ3) is 3.74. The highest BCUT2D eigenvalue weighted by atomic mass is 35.5. The average molecular weight is 426 g/mol. The fourth-order valence-corrected chi connectivity index (χ4v) is 3.81. The van der Waals surface area contributed by atoms with Gasteiger partial charge in [-0.1, -0.05) is 35.9 Å². The molecular formula is C23H21Cl2N3O. The minimum absolute atomic E-state index is 0. The van der Waals surface area contributed by atoms with Gasteiger partial charge in [0.05, 0.1) is 5.56 Å². The minimum Gasteiger partial charge on any atom is -0.399 e. The van der Waals surface area contributed by atoms with Gasteiger partial charge in [0.25, 0.3) is 5.56 Å². The van der Waals surface area contributed by atoms with E-state index in [2.05, 4.69) is 4.98 Å². The molecule has 6 heteroatoms. The van der Waals surface area contributed by atoms with Gasteiger partial charge in [0.1, 0.15) is 5.65 Å². The van der Waals surface area contributed by atoms with Crippen molar-refractivity contribution in [1.82, 2.24) is 9.55 Å². The molecule has 2 aromatic heterocycles. The monoisotopic (exact) mass is 425 g/mol. The molecule has 4 rings (SSSR count). The highest BCUT2D eigenvalue weighted by Crippen LogP contribution is 2.36. The first kappa shape index (κ1) is 20.9. The van der Waals surface area contributed by atoms with Gasteiger partial charge in [-0.05, 0) is 61.4 Å². The van der Waals surface area contributed by atoms with Crippen LogP contribution in [-0.2, 0) is 6.54 Å². The molecule has 2 aromatic carbocycles. The van der Waals surface area contributed by atoms with Crippen LogP contribution in [0.1, 0.15) is 12.6 Å². The topological polar surface area (TPSA) is 60.9 Å². The lowest BCUT2D eigenvalue weighted by Gasteiger charge is -2.18. The number of benzene rings is 2. The largest absolute Gasteiger partial charge is 0.399 e. The summed E-state index contributed by atoms with van der Waals surface area (Å²) in [6.45, 7) is 4.40. The lowest BCUT2D eigenvalue weighted by atomic mass is 9.92. The van der Waals surface area contributed by atoms with Crippen molar-refractivity contribution in [3.8, 4) is 22.3 Å². The summed E-state index contributed by atoms with van der Waals surface area (Å²) in [5.41, 5.74) is 11.2. The van der Waals surface area contributed by atoms with Gasteiger partial charge in [0.15, 0.2) is 0 Å². The van der Waals surface area contributed by atoms with Crippen molar-refractivity contribution in [3.63, 3.8) is 0 Å². The second-order valence-electron chi connectivity index (χ2n) is 6.76. The molecule has 0 bridgehead atoms. The molecule has 0 amide bonds. The van der Waals surface area contributed by atoms with E-state index in [1.54, 1.807) is 4.57 Å². The van der Waals surface area contributed by atoms with Crippen molar-refractivity contribution in [3.05, 3.63) is 81.7 Å².